The molecule has 27 heavy (non-hydrogen) atoms. The molecular weight excluding hydrogens is 338 g/mol. The van der Waals surface area contributed by atoms with Gasteiger partial charge in [0.2, 0.25) is 0 Å². The zero-order valence-corrected chi connectivity index (χ0v) is 15.5. The van der Waals surface area contributed by atoms with Crippen molar-refractivity contribution in [2.45, 2.75) is 20.4 Å². The smallest absolute Gasteiger partial charge is 0.270 e. The Morgan fingerprint density at radius 3 is 2.52 bits per heavy atom. The van der Waals surface area contributed by atoms with Crippen molar-refractivity contribution in [1.29, 1.82) is 0 Å². The van der Waals surface area contributed by atoms with Gasteiger partial charge in [-0.2, -0.15) is 0 Å². The van der Waals surface area contributed by atoms with Crippen LogP contribution in [0.25, 0.3) is 0 Å². The second-order valence-corrected chi connectivity index (χ2v) is 6.15. The van der Waals surface area contributed by atoms with Gasteiger partial charge in [0.15, 0.2) is 0 Å². The SMILES string of the molecule is CCOc1ccccc1Nc1ccc(C(=O)NCc2ccc(C)cc2)nc1. The molecule has 2 aromatic carbocycles. The van der Waals surface area contributed by atoms with E-state index in [2.05, 4.69) is 15.6 Å². The number of nitrogens with zero attached hydrogens (tertiary/aromatic N) is 1. The molecule has 5 heteroatoms. The van der Waals surface area contributed by atoms with Gasteiger partial charge in [-0.3, -0.25) is 4.79 Å². The van der Waals surface area contributed by atoms with Gasteiger partial charge in [-0.15, -0.1) is 0 Å². The maximum Gasteiger partial charge on any atom is 0.270 e. The van der Waals surface area contributed by atoms with Crippen LogP contribution in [0, 0.1) is 6.92 Å². The van der Waals surface area contributed by atoms with Crippen LogP contribution in [0.5, 0.6) is 5.75 Å². The number of aryl methyl sites for hydroxylation is 1. The van der Waals surface area contributed by atoms with Crippen molar-refractivity contribution >= 4 is 17.3 Å². The number of para-hydroxylation sites is 2. The van der Waals surface area contributed by atoms with Crippen molar-refractivity contribution in [2.24, 2.45) is 0 Å². The number of hydrogen-bond acceptors (Lipinski definition) is 4. The normalized spacial score (nSPS) is 10.3. The zero-order chi connectivity index (χ0) is 19.1. The van der Waals surface area contributed by atoms with Crippen LogP contribution in [-0.2, 0) is 6.54 Å². The minimum absolute atomic E-state index is 0.197. The van der Waals surface area contributed by atoms with Crippen molar-refractivity contribution in [3.63, 3.8) is 0 Å². The molecule has 0 aliphatic rings. The van der Waals surface area contributed by atoms with E-state index in [4.69, 9.17) is 4.74 Å². The highest BCUT2D eigenvalue weighted by Gasteiger charge is 2.08. The second-order valence-electron chi connectivity index (χ2n) is 6.15. The molecule has 0 atom stereocenters. The monoisotopic (exact) mass is 361 g/mol. The minimum Gasteiger partial charge on any atom is -0.492 e. The Balaban J connectivity index is 1.61. The summed E-state index contributed by atoms with van der Waals surface area (Å²) in [6.45, 7) is 5.05. The van der Waals surface area contributed by atoms with Gasteiger partial charge < -0.3 is 15.4 Å². The summed E-state index contributed by atoms with van der Waals surface area (Å²) in [4.78, 5) is 16.5. The third kappa shape index (κ3) is 5.07. The third-order valence-corrected chi connectivity index (χ3v) is 4.04. The highest BCUT2D eigenvalue weighted by atomic mass is 16.5. The van der Waals surface area contributed by atoms with Crippen LogP contribution >= 0.6 is 0 Å². The summed E-state index contributed by atoms with van der Waals surface area (Å²) in [7, 11) is 0. The topological polar surface area (TPSA) is 63.2 Å². The lowest BCUT2D eigenvalue weighted by Crippen LogP contribution is -2.23. The number of hydrogen-bond donors (Lipinski definition) is 2. The van der Waals surface area contributed by atoms with E-state index in [-0.39, 0.29) is 5.91 Å². The number of rotatable bonds is 7. The van der Waals surface area contributed by atoms with Crippen LogP contribution in [0.3, 0.4) is 0 Å². The molecular formula is C22H23N3O2. The summed E-state index contributed by atoms with van der Waals surface area (Å²) in [5.41, 5.74) is 4.28. The number of pyridine rings is 1. The fraction of sp³-hybridized carbons (Fsp3) is 0.182. The first-order valence-corrected chi connectivity index (χ1v) is 8.94. The molecule has 2 N–H and O–H groups in total. The van der Waals surface area contributed by atoms with Gasteiger partial charge in [0.1, 0.15) is 11.4 Å². The van der Waals surface area contributed by atoms with Gasteiger partial charge in [-0.25, -0.2) is 4.98 Å². The lowest BCUT2D eigenvalue weighted by Gasteiger charge is -2.12. The lowest BCUT2D eigenvalue weighted by atomic mass is 10.1. The highest BCUT2D eigenvalue weighted by Crippen LogP contribution is 2.27. The molecule has 0 fully saturated rings. The molecule has 0 aliphatic carbocycles. The maximum atomic E-state index is 12.3. The minimum atomic E-state index is -0.197. The van der Waals surface area contributed by atoms with E-state index in [1.54, 1.807) is 12.3 Å². The Bertz CT molecular complexity index is 890. The van der Waals surface area contributed by atoms with Gasteiger partial charge >= 0.3 is 0 Å². The number of amides is 1. The van der Waals surface area contributed by atoms with Gasteiger partial charge in [-0.05, 0) is 43.7 Å². The summed E-state index contributed by atoms with van der Waals surface area (Å²) < 4.78 is 5.61. The first kappa shape index (κ1) is 18.5. The number of carbonyl (C=O) groups excluding carboxylic acids is 1. The lowest BCUT2D eigenvalue weighted by molar-refractivity contribution is 0.0946. The predicted molar refractivity (Wildman–Crippen MR) is 107 cm³/mol. The number of anilines is 2. The fourth-order valence-corrected chi connectivity index (χ4v) is 2.59. The van der Waals surface area contributed by atoms with Crippen LogP contribution in [0.15, 0.2) is 66.9 Å². The van der Waals surface area contributed by atoms with Crippen molar-refractivity contribution in [3.8, 4) is 5.75 Å². The molecule has 0 aliphatic heterocycles. The molecule has 3 rings (SSSR count). The summed E-state index contributed by atoms with van der Waals surface area (Å²) in [6.07, 6.45) is 1.64. The molecule has 0 unspecified atom stereocenters. The molecule has 0 radical (unpaired) electrons. The van der Waals surface area contributed by atoms with E-state index in [0.29, 0.717) is 18.8 Å². The Hall–Kier alpha value is -3.34. The number of carbonyl (C=O) groups is 1. The maximum absolute atomic E-state index is 12.3. The highest BCUT2D eigenvalue weighted by molar-refractivity contribution is 5.92. The van der Waals surface area contributed by atoms with Crippen LogP contribution in [-0.4, -0.2) is 17.5 Å². The molecule has 138 valence electrons. The standard InChI is InChI=1S/C22H23N3O2/c1-3-27-21-7-5-4-6-19(21)25-18-12-13-20(23-15-18)22(26)24-14-17-10-8-16(2)9-11-17/h4-13,15,25H,3,14H2,1-2H3,(H,24,26). The number of benzene rings is 2. The molecule has 1 heterocycles. The van der Waals surface area contributed by atoms with Gasteiger partial charge in [0.05, 0.1) is 24.2 Å². The Morgan fingerprint density at radius 1 is 1.04 bits per heavy atom. The van der Waals surface area contributed by atoms with Gasteiger partial charge in [0.25, 0.3) is 5.91 Å². The van der Waals surface area contributed by atoms with E-state index >= 15 is 0 Å². The van der Waals surface area contributed by atoms with Crippen molar-refractivity contribution < 1.29 is 9.53 Å². The van der Waals surface area contributed by atoms with Gasteiger partial charge in [0, 0.05) is 6.54 Å². The average molecular weight is 361 g/mol. The first-order chi connectivity index (χ1) is 13.2. The Labute approximate surface area is 159 Å². The van der Waals surface area contributed by atoms with E-state index in [9.17, 15) is 4.79 Å². The van der Waals surface area contributed by atoms with Crippen LogP contribution in [0.2, 0.25) is 0 Å². The van der Waals surface area contributed by atoms with Crippen LogP contribution < -0.4 is 15.4 Å². The molecule has 3 aromatic rings. The van der Waals surface area contributed by atoms with E-state index < -0.39 is 0 Å². The molecule has 1 amide bonds. The Morgan fingerprint density at radius 2 is 1.81 bits per heavy atom. The summed E-state index contributed by atoms with van der Waals surface area (Å²) in [5, 5.41) is 6.16. The van der Waals surface area contributed by atoms with E-state index in [0.717, 1.165) is 22.7 Å². The second kappa shape index (κ2) is 8.85. The molecule has 0 spiro atoms. The predicted octanol–water partition coefficient (Wildman–Crippen LogP) is 4.46. The van der Waals surface area contributed by atoms with Crippen LogP contribution in [0.1, 0.15) is 28.5 Å². The third-order valence-electron chi connectivity index (χ3n) is 4.04. The summed E-state index contributed by atoms with van der Waals surface area (Å²) in [6, 6.07) is 19.3. The molecule has 5 nitrogen and oxygen atoms in total. The van der Waals surface area contributed by atoms with E-state index in [1.807, 2.05) is 68.4 Å². The molecule has 0 saturated carbocycles. The van der Waals surface area contributed by atoms with Crippen molar-refractivity contribution in [2.75, 3.05) is 11.9 Å². The van der Waals surface area contributed by atoms with E-state index in [1.165, 1.54) is 5.56 Å². The first-order valence-electron chi connectivity index (χ1n) is 8.94. The zero-order valence-electron chi connectivity index (χ0n) is 15.5. The van der Waals surface area contributed by atoms with Crippen molar-refractivity contribution in [3.05, 3.63) is 83.7 Å². The fourth-order valence-electron chi connectivity index (χ4n) is 2.59. The molecule has 0 bridgehead atoms. The molecule has 1 aromatic heterocycles. The van der Waals surface area contributed by atoms with Crippen LogP contribution in [0.4, 0.5) is 11.4 Å². The largest absolute Gasteiger partial charge is 0.492 e. The van der Waals surface area contributed by atoms with Gasteiger partial charge in [-0.1, -0.05) is 42.0 Å². The Kier molecular flexibility index (Phi) is 6.05. The summed E-state index contributed by atoms with van der Waals surface area (Å²) >= 11 is 0. The molecule has 0 saturated heterocycles. The number of aromatic nitrogens is 1. The summed E-state index contributed by atoms with van der Waals surface area (Å²) in [5.74, 6) is 0.580. The number of nitrogens with one attached hydrogen (secondary N) is 2. The number of ether oxygens (including phenoxy) is 1. The average Bonchev–Trinajstić information content (AvgIpc) is 2.69. The quantitative estimate of drug-likeness (QED) is 0.652. The van der Waals surface area contributed by atoms with Crippen molar-refractivity contribution in [1.82, 2.24) is 10.3 Å².